The fourth-order valence-corrected chi connectivity index (χ4v) is 3.59. The van der Waals surface area contributed by atoms with Crippen LogP contribution in [0.15, 0.2) is 36.4 Å². The molecule has 2 N–H and O–H groups in total. The van der Waals surface area contributed by atoms with Crippen LogP contribution in [0.25, 0.3) is 0 Å². The third-order valence-electron chi connectivity index (χ3n) is 4.93. The molecule has 138 valence electrons. The van der Waals surface area contributed by atoms with E-state index in [0.29, 0.717) is 0 Å². The molecule has 0 bridgehead atoms. The van der Waals surface area contributed by atoms with Crippen molar-refractivity contribution < 1.29 is 16.9 Å². The Morgan fingerprint density at radius 2 is 1.48 bits per heavy atom. The second-order valence-corrected chi connectivity index (χ2v) is 7.86. The van der Waals surface area contributed by atoms with Crippen LogP contribution in [0.2, 0.25) is 0 Å². The average Bonchev–Trinajstić information content (AvgIpc) is 2.50. The maximum atomic E-state index is 6.51. The van der Waals surface area contributed by atoms with Gasteiger partial charge in [0.2, 0.25) is 0 Å². The zero-order valence-electron chi connectivity index (χ0n) is 16.6. The molecule has 0 spiro atoms. The van der Waals surface area contributed by atoms with Gasteiger partial charge in [0.15, 0.2) is 0 Å². The molecule has 2 nitrogen and oxygen atoms in total. The predicted octanol–water partition coefficient (Wildman–Crippen LogP) is 1.45. The van der Waals surface area contributed by atoms with E-state index in [1.165, 1.54) is 33.4 Å². The molecule has 0 aliphatic carbocycles. The molecule has 1 unspecified atom stereocenters. The first-order chi connectivity index (χ1) is 11.2. The fourth-order valence-electron chi connectivity index (χ4n) is 3.59. The minimum Gasteiger partial charge on any atom is -1.00 e. The van der Waals surface area contributed by atoms with Gasteiger partial charge in [0.1, 0.15) is 6.54 Å². The molecular weight excluding hydrogens is 328 g/mol. The summed E-state index contributed by atoms with van der Waals surface area (Å²) >= 11 is 0. The number of nitrogens with zero attached hydrogens (tertiary/aromatic N) is 1. The largest absolute Gasteiger partial charge is 1.00 e. The van der Waals surface area contributed by atoms with E-state index in [-0.39, 0.29) is 18.4 Å². The number of aryl methyl sites for hydroxylation is 4. The third kappa shape index (κ3) is 5.85. The highest BCUT2D eigenvalue weighted by molar-refractivity contribution is 5.37. The first kappa shape index (κ1) is 21.7. The number of rotatable bonds is 6. The molecule has 1 atom stereocenters. The maximum Gasteiger partial charge on any atom is 0.105 e. The first-order valence-electron chi connectivity index (χ1n) is 8.95. The molecule has 0 aliphatic rings. The first-order valence-corrected chi connectivity index (χ1v) is 8.95. The van der Waals surface area contributed by atoms with Crippen molar-refractivity contribution in [3.8, 4) is 0 Å². The third-order valence-corrected chi connectivity index (χ3v) is 4.93. The van der Waals surface area contributed by atoms with E-state index in [9.17, 15) is 0 Å². The molecule has 0 saturated carbocycles. The Hall–Kier alpha value is -1.35. The van der Waals surface area contributed by atoms with E-state index in [0.717, 1.165) is 24.0 Å². The Kier molecular flexibility index (Phi) is 7.67. The number of quaternary nitrogens is 1. The van der Waals surface area contributed by atoms with Gasteiger partial charge in [-0.25, -0.2) is 0 Å². The quantitative estimate of drug-likeness (QED) is 0.775. The van der Waals surface area contributed by atoms with Crippen molar-refractivity contribution in [1.82, 2.24) is 0 Å². The molecule has 0 amide bonds. The number of likely N-dealkylation sites (N-methyl/N-ethyl adjacent to an activating group) is 1. The summed E-state index contributed by atoms with van der Waals surface area (Å²) in [4.78, 5) is 0. The van der Waals surface area contributed by atoms with E-state index >= 15 is 0 Å². The van der Waals surface area contributed by atoms with Crippen LogP contribution < -0.4 is 18.1 Å². The smallest absolute Gasteiger partial charge is 0.105 e. The summed E-state index contributed by atoms with van der Waals surface area (Å²) in [6.07, 6.45) is 1.07. The lowest BCUT2D eigenvalue weighted by Gasteiger charge is -2.33. The Balaban J connectivity index is 0.00000312. The summed E-state index contributed by atoms with van der Waals surface area (Å²) in [7, 11) is 4.55. The topological polar surface area (TPSA) is 26.0 Å². The van der Waals surface area contributed by atoms with Crippen molar-refractivity contribution in [3.63, 3.8) is 0 Å². The summed E-state index contributed by atoms with van der Waals surface area (Å²) in [6.45, 7) is 10.7. The van der Waals surface area contributed by atoms with Gasteiger partial charge in [-0.2, -0.15) is 0 Å². The van der Waals surface area contributed by atoms with Crippen molar-refractivity contribution >= 4 is 0 Å². The van der Waals surface area contributed by atoms with Gasteiger partial charge >= 0.3 is 0 Å². The van der Waals surface area contributed by atoms with Gasteiger partial charge in [-0.3, -0.25) is 0 Å². The zero-order chi connectivity index (χ0) is 17.9. The molecule has 0 fully saturated rings. The number of nitrogens with two attached hydrogens (primary N) is 1. The Bertz CT molecular complexity index is 667. The van der Waals surface area contributed by atoms with Gasteiger partial charge in [-0.1, -0.05) is 48.9 Å². The summed E-state index contributed by atoms with van der Waals surface area (Å²) < 4.78 is 0.890. The van der Waals surface area contributed by atoms with Gasteiger partial charge in [0, 0.05) is 5.56 Å². The van der Waals surface area contributed by atoms with Crippen molar-refractivity contribution in [3.05, 3.63) is 69.8 Å². The summed E-state index contributed by atoms with van der Waals surface area (Å²) in [5.41, 5.74) is 14.7. The highest BCUT2D eigenvalue weighted by Crippen LogP contribution is 2.23. The van der Waals surface area contributed by atoms with Crippen LogP contribution in [-0.2, 0) is 13.0 Å². The molecule has 2 aromatic carbocycles. The number of hydrogen-bond acceptors (Lipinski definition) is 1. The van der Waals surface area contributed by atoms with Gasteiger partial charge in [-0.15, -0.1) is 0 Å². The van der Waals surface area contributed by atoms with Crippen LogP contribution in [0, 0.1) is 20.8 Å². The second kappa shape index (κ2) is 8.84. The minimum atomic E-state index is 0. The lowest BCUT2D eigenvalue weighted by Crippen LogP contribution is -3.00. The molecule has 0 heterocycles. The van der Waals surface area contributed by atoms with Gasteiger partial charge in [0.05, 0.1) is 26.7 Å². The van der Waals surface area contributed by atoms with Crippen LogP contribution >= 0.6 is 0 Å². The molecule has 2 rings (SSSR count). The van der Waals surface area contributed by atoms with Crippen molar-refractivity contribution in [1.29, 1.82) is 0 Å². The number of benzene rings is 2. The molecule has 0 aliphatic heterocycles. The van der Waals surface area contributed by atoms with Crippen molar-refractivity contribution in [2.45, 2.75) is 46.7 Å². The predicted molar refractivity (Wildman–Crippen MR) is 104 cm³/mol. The molecule has 3 heteroatoms. The van der Waals surface area contributed by atoms with Crippen LogP contribution in [0.5, 0.6) is 0 Å². The zero-order valence-corrected chi connectivity index (χ0v) is 17.3. The highest BCUT2D eigenvalue weighted by Gasteiger charge is 2.23. The normalized spacial score (nSPS) is 12.6. The van der Waals surface area contributed by atoms with Crippen LogP contribution in [0.3, 0.4) is 0 Å². The van der Waals surface area contributed by atoms with Gasteiger partial charge in [-0.05, 0) is 49.4 Å². The van der Waals surface area contributed by atoms with E-state index in [1.54, 1.807) is 0 Å². The SMILES string of the molecule is CCc1ccc(C(N)C[N+](C)(C)Cc2c(C)cc(C)cc2C)cc1.[Cl-]. The summed E-state index contributed by atoms with van der Waals surface area (Å²) in [5.74, 6) is 0. The average molecular weight is 361 g/mol. The van der Waals surface area contributed by atoms with Crippen LogP contribution in [0.1, 0.15) is 46.3 Å². The summed E-state index contributed by atoms with van der Waals surface area (Å²) in [5, 5.41) is 0. The monoisotopic (exact) mass is 360 g/mol. The van der Waals surface area contributed by atoms with E-state index < -0.39 is 0 Å². The van der Waals surface area contributed by atoms with Crippen LogP contribution in [-0.4, -0.2) is 25.1 Å². The summed E-state index contributed by atoms with van der Waals surface area (Å²) in [6, 6.07) is 13.4. The standard InChI is InChI=1S/C22H33N2.ClH/c1-7-19-8-10-20(11-9-19)22(23)15-24(5,6)14-21-17(3)12-16(2)13-18(21)4;/h8-13,22H,7,14-15,23H2,1-6H3;1H/q+1;/p-1. The molecule has 0 aromatic heterocycles. The van der Waals surface area contributed by atoms with E-state index in [4.69, 9.17) is 5.73 Å². The molecule has 0 radical (unpaired) electrons. The Labute approximate surface area is 160 Å². The van der Waals surface area contributed by atoms with Gasteiger partial charge in [0.25, 0.3) is 0 Å². The second-order valence-electron chi connectivity index (χ2n) is 7.86. The van der Waals surface area contributed by atoms with E-state index in [2.05, 4.69) is 78.2 Å². The minimum absolute atomic E-state index is 0. The van der Waals surface area contributed by atoms with Crippen LogP contribution in [0.4, 0.5) is 0 Å². The maximum absolute atomic E-state index is 6.51. The van der Waals surface area contributed by atoms with Crippen molar-refractivity contribution in [2.24, 2.45) is 5.73 Å². The Morgan fingerprint density at radius 3 is 1.96 bits per heavy atom. The molecule has 2 aromatic rings. The number of hydrogen-bond donors (Lipinski definition) is 1. The lowest BCUT2D eigenvalue weighted by atomic mass is 9.98. The molecular formula is C22H33ClN2. The lowest BCUT2D eigenvalue weighted by molar-refractivity contribution is -0.905. The molecule has 25 heavy (non-hydrogen) atoms. The van der Waals surface area contributed by atoms with Gasteiger partial charge < -0.3 is 22.6 Å². The van der Waals surface area contributed by atoms with Crippen molar-refractivity contribution in [2.75, 3.05) is 20.6 Å². The number of halogens is 1. The fraction of sp³-hybridized carbons (Fsp3) is 0.455. The molecule has 0 saturated heterocycles. The van der Waals surface area contributed by atoms with E-state index in [1.807, 2.05) is 0 Å². The highest BCUT2D eigenvalue weighted by atomic mass is 35.5. The Morgan fingerprint density at radius 1 is 0.960 bits per heavy atom.